The molecule has 2 aliphatic rings. The maximum Gasteiger partial charge on any atom is 0.0671 e. The van der Waals surface area contributed by atoms with E-state index >= 15 is 0 Å². The number of hydrogen-bond donors (Lipinski definition) is 0. The minimum Gasteiger partial charge on any atom is -0.0653 e. The predicted octanol–water partition coefficient (Wildman–Crippen LogP) is 10.6. The molecule has 0 aliphatic heterocycles. The second-order valence-corrected chi connectivity index (χ2v) is 14.9. The van der Waals surface area contributed by atoms with E-state index in [4.69, 9.17) is 0 Å². The number of rotatable bonds is 8. The van der Waals surface area contributed by atoms with Crippen LogP contribution in [0.5, 0.6) is 0 Å². The first-order valence-electron chi connectivity index (χ1n) is 15.6. The van der Waals surface area contributed by atoms with Crippen LogP contribution in [0.4, 0.5) is 0 Å². The van der Waals surface area contributed by atoms with Crippen molar-refractivity contribution in [3.05, 3.63) is 166 Å². The van der Waals surface area contributed by atoms with E-state index in [1.807, 2.05) is 0 Å². The highest BCUT2D eigenvalue weighted by molar-refractivity contribution is 6.64. The first-order valence-corrected chi connectivity index (χ1v) is 17.7. The number of fused-ring (bicyclic) bond motifs is 2. The van der Waals surface area contributed by atoms with Crippen LogP contribution in [0.25, 0.3) is 34.4 Å². The Morgan fingerprint density at radius 2 is 0.905 bits per heavy atom. The molecule has 0 radical (unpaired) electrons. The summed E-state index contributed by atoms with van der Waals surface area (Å²) in [6, 6.07) is 48.6. The van der Waals surface area contributed by atoms with Gasteiger partial charge in [0, 0.05) is 0 Å². The molecule has 0 fully saturated rings. The monoisotopic (exact) mass is 558 g/mol. The molecule has 7 rings (SSSR count). The minimum atomic E-state index is -1.56. The maximum absolute atomic E-state index is 2.57. The summed E-state index contributed by atoms with van der Waals surface area (Å²) in [5, 5.41) is 0. The van der Waals surface area contributed by atoms with Crippen LogP contribution in [0.15, 0.2) is 139 Å². The Balaban J connectivity index is 1.40. The van der Waals surface area contributed by atoms with Gasteiger partial charge in [0.25, 0.3) is 0 Å². The minimum absolute atomic E-state index is 0.514. The van der Waals surface area contributed by atoms with Gasteiger partial charge in [0.2, 0.25) is 0 Å². The SMILES string of the molecule is CCC1=Cc2c(-c3ccccc3)cccc2C1[SiH](Cc1ccccc1)C1C(CC)=Cc2c(-c3ccccc3)cccc21. The largest absolute Gasteiger partial charge is 0.0671 e. The van der Waals surface area contributed by atoms with E-state index in [9.17, 15) is 0 Å². The summed E-state index contributed by atoms with van der Waals surface area (Å²) in [7, 11) is -1.56. The zero-order chi connectivity index (χ0) is 28.5. The summed E-state index contributed by atoms with van der Waals surface area (Å²) in [6.07, 6.45) is 7.33. The van der Waals surface area contributed by atoms with E-state index in [0.717, 1.165) is 12.8 Å². The highest BCUT2D eigenvalue weighted by Crippen LogP contribution is 2.51. The van der Waals surface area contributed by atoms with Gasteiger partial charge in [-0.2, -0.15) is 0 Å². The Labute approximate surface area is 252 Å². The molecule has 2 aliphatic carbocycles. The Morgan fingerprint density at radius 3 is 1.33 bits per heavy atom. The van der Waals surface area contributed by atoms with Crippen molar-refractivity contribution >= 4 is 20.9 Å². The molecule has 5 aromatic rings. The van der Waals surface area contributed by atoms with Gasteiger partial charge in [0.15, 0.2) is 0 Å². The third-order valence-electron chi connectivity index (χ3n) is 9.56. The first-order chi connectivity index (χ1) is 20.8. The van der Waals surface area contributed by atoms with Crippen LogP contribution in [-0.2, 0) is 6.04 Å². The van der Waals surface area contributed by atoms with Crippen LogP contribution in [0.3, 0.4) is 0 Å². The van der Waals surface area contributed by atoms with Gasteiger partial charge >= 0.3 is 0 Å². The average molecular weight is 559 g/mol. The van der Waals surface area contributed by atoms with Crippen molar-refractivity contribution in [2.75, 3.05) is 0 Å². The summed E-state index contributed by atoms with van der Waals surface area (Å²) >= 11 is 0. The summed E-state index contributed by atoms with van der Waals surface area (Å²) in [5.41, 5.74) is 17.2. The predicted molar refractivity (Wildman–Crippen MR) is 183 cm³/mol. The lowest BCUT2D eigenvalue weighted by Gasteiger charge is -2.33. The van der Waals surface area contributed by atoms with E-state index < -0.39 is 8.80 Å². The Kier molecular flexibility index (Phi) is 7.36. The van der Waals surface area contributed by atoms with Crippen molar-refractivity contribution in [3.63, 3.8) is 0 Å². The lowest BCUT2D eigenvalue weighted by atomic mass is 9.97. The zero-order valence-electron chi connectivity index (χ0n) is 24.6. The van der Waals surface area contributed by atoms with Crippen molar-refractivity contribution in [3.8, 4) is 22.3 Å². The van der Waals surface area contributed by atoms with Crippen molar-refractivity contribution in [1.82, 2.24) is 0 Å². The fraction of sp³-hybridized carbons (Fsp3) is 0.171. The van der Waals surface area contributed by atoms with Crippen LogP contribution >= 0.6 is 0 Å². The average Bonchev–Trinajstić information content (AvgIpc) is 3.63. The normalized spacial score (nSPS) is 17.8. The van der Waals surface area contributed by atoms with E-state index in [1.165, 1.54) is 45.0 Å². The fourth-order valence-electron chi connectivity index (χ4n) is 7.69. The lowest BCUT2D eigenvalue weighted by Crippen LogP contribution is -2.35. The van der Waals surface area contributed by atoms with Crippen LogP contribution in [0.2, 0.25) is 0 Å². The first kappa shape index (κ1) is 26.7. The highest BCUT2D eigenvalue weighted by atomic mass is 28.3. The third kappa shape index (κ3) is 4.72. The quantitative estimate of drug-likeness (QED) is 0.166. The summed E-state index contributed by atoms with van der Waals surface area (Å²) < 4.78 is 0. The van der Waals surface area contributed by atoms with Crippen LogP contribution in [-0.4, -0.2) is 8.80 Å². The van der Waals surface area contributed by atoms with Gasteiger partial charge in [0.1, 0.15) is 0 Å². The third-order valence-corrected chi connectivity index (χ3v) is 13.8. The molecule has 0 bridgehead atoms. The van der Waals surface area contributed by atoms with Crippen molar-refractivity contribution in [2.45, 2.75) is 43.8 Å². The molecule has 0 N–H and O–H groups in total. The Bertz CT molecular complexity index is 1650. The smallest absolute Gasteiger partial charge is 0.0653 e. The fourth-order valence-corrected chi connectivity index (χ4v) is 12.6. The topological polar surface area (TPSA) is 0 Å². The molecule has 0 heterocycles. The van der Waals surface area contributed by atoms with Gasteiger partial charge < -0.3 is 0 Å². The van der Waals surface area contributed by atoms with Gasteiger partial charge in [-0.1, -0.05) is 170 Å². The number of benzene rings is 5. The summed E-state index contributed by atoms with van der Waals surface area (Å²) in [6.45, 7) is 4.74. The van der Waals surface area contributed by atoms with Crippen LogP contribution in [0, 0.1) is 0 Å². The van der Waals surface area contributed by atoms with E-state index in [-0.39, 0.29) is 0 Å². The van der Waals surface area contributed by atoms with E-state index in [2.05, 4.69) is 153 Å². The van der Waals surface area contributed by atoms with Gasteiger partial charge in [-0.25, -0.2) is 0 Å². The maximum atomic E-state index is 2.57. The molecule has 2 atom stereocenters. The molecule has 0 saturated heterocycles. The Morgan fingerprint density at radius 1 is 0.476 bits per heavy atom. The van der Waals surface area contributed by atoms with Crippen molar-refractivity contribution in [2.24, 2.45) is 0 Å². The molecule has 42 heavy (non-hydrogen) atoms. The summed E-state index contributed by atoms with van der Waals surface area (Å²) in [5.74, 6) is 0. The van der Waals surface area contributed by atoms with Gasteiger partial charge in [-0.15, -0.1) is 0 Å². The van der Waals surface area contributed by atoms with Gasteiger partial charge in [-0.05, 0) is 74.5 Å². The van der Waals surface area contributed by atoms with Crippen molar-refractivity contribution < 1.29 is 0 Å². The second-order valence-electron chi connectivity index (χ2n) is 11.8. The Hall–Kier alpha value is -4.20. The summed E-state index contributed by atoms with van der Waals surface area (Å²) in [4.78, 5) is 0. The molecular formula is C41H38Si. The second kappa shape index (κ2) is 11.6. The molecular weight excluding hydrogens is 521 g/mol. The molecule has 0 aromatic heterocycles. The molecule has 0 saturated carbocycles. The van der Waals surface area contributed by atoms with E-state index in [1.54, 1.807) is 22.3 Å². The highest BCUT2D eigenvalue weighted by Gasteiger charge is 2.42. The van der Waals surface area contributed by atoms with Crippen LogP contribution < -0.4 is 0 Å². The molecule has 0 nitrogen and oxygen atoms in total. The zero-order valence-corrected chi connectivity index (χ0v) is 25.8. The number of allylic oxidation sites excluding steroid dienone is 2. The molecule has 0 amide bonds. The number of hydrogen-bond acceptors (Lipinski definition) is 0. The van der Waals surface area contributed by atoms with Crippen molar-refractivity contribution in [1.29, 1.82) is 0 Å². The molecule has 2 unspecified atom stereocenters. The van der Waals surface area contributed by atoms with Gasteiger partial charge in [0.05, 0.1) is 8.80 Å². The molecule has 206 valence electrons. The lowest BCUT2D eigenvalue weighted by molar-refractivity contribution is 0.908. The molecule has 0 spiro atoms. The van der Waals surface area contributed by atoms with E-state index in [0.29, 0.717) is 11.1 Å². The standard InChI is InChI=1S/C41H38Si/c1-3-30-26-38-34(32-18-10-6-11-19-32)22-14-24-36(38)40(30)42(28-29-16-8-5-9-17-29)41-31(4-2)27-39-35(23-15-25-37(39)41)33-20-12-7-13-21-33/h5-27,40-42H,3-4,28H2,1-2H3. The van der Waals surface area contributed by atoms with Crippen LogP contribution in [0.1, 0.15) is 65.6 Å². The molecule has 1 heteroatoms. The molecule has 5 aromatic carbocycles. The van der Waals surface area contributed by atoms with Gasteiger partial charge in [-0.3, -0.25) is 0 Å².